The van der Waals surface area contributed by atoms with E-state index in [9.17, 15) is 14.1 Å². The van der Waals surface area contributed by atoms with Gasteiger partial charge in [-0.3, -0.25) is 9.00 Å². The van der Waals surface area contributed by atoms with Crippen LogP contribution in [0.15, 0.2) is 48.5 Å². The molecule has 0 bridgehead atoms. The van der Waals surface area contributed by atoms with Crippen LogP contribution in [0.1, 0.15) is 27.5 Å². The van der Waals surface area contributed by atoms with Crippen LogP contribution in [-0.2, 0) is 10.8 Å². The van der Waals surface area contributed by atoms with E-state index in [4.69, 9.17) is 0 Å². The lowest BCUT2D eigenvalue weighted by molar-refractivity contribution is 0.0937. The normalized spacial score (nSPS) is 13.4. The molecule has 4 nitrogen and oxygen atoms in total. The van der Waals surface area contributed by atoms with Crippen molar-refractivity contribution in [2.24, 2.45) is 0 Å². The van der Waals surface area contributed by atoms with Gasteiger partial charge in [0.15, 0.2) is 0 Å². The fourth-order valence-corrected chi connectivity index (χ4v) is 2.96. The third-order valence-electron chi connectivity index (χ3n) is 3.39. The van der Waals surface area contributed by atoms with Gasteiger partial charge in [0.25, 0.3) is 5.91 Å². The molecule has 2 N–H and O–H groups in total. The van der Waals surface area contributed by atoms with Gasteiger partial charge in [-0.25, -0.2) is 0 Å². The highest BCUT2D eigenvalue weighted by Gasteiger charge is 2.19. The van der Waals surface area contributed by atoms with Crippen molar-refractivity contribution in [2.45, 2.75) is 13.0 Å². The predicted molar refractivity (Wildman–Crippen MR) is 88.4 cm³/mol. The zero-order valence-corrected chi connectivity index (χ0v) is 13.4. The van der Waals surface area contributed by atoms with Crippen LogP contribution in [0.2, 0.25) is 0 Å². The number of hydrogen-bond donors (Lipinski definition) is 2. The van der Waals surface area contributed by atoms with Gasteiger partial charge in [-0.05, 0) is 24.1 Å². The van der Waals surface area contributed by atoms with E-state index in [1.165, 1.54) is 0 Å². The van der Waals surface area contributed by atoms with E-state index in [0.717, 1.165) is 5.56 Å². The maximum absolute atomic E-state index is 12.4. The van der Waals surface area contributed by atoms with Crippen LogP contribution in [0.25, 0.3) is 0 Å². The number of para-hydroxylation sites is 1. The third-order valence-corrected chi connectivity index (χ3v) is 4.19. The Kier molecular flexibility index (Phi) is 5.33. The van der Waals surface area contributed by atoms with Gasteiger partial charge in [0.1, 0.15) is 5.75 Å². The van der Waals surface area contributed by atoms with Crippen molar-refractivity contribution in [1.29, 1.82) is 0 Å². The van der Waals surface area contributed by atoms with Crippen LogP contribution in [0.5, 0.6) is 5.75 Å². The topological polar surface area (TPSA) is 66.4 Å². The molecule has 2 rings (SSSR count). The van der Waals surface area contributed by atoms with Crippen LogP contribution in [0.3, 0.4) is 0 Å². The summed E-state index contributed by atoms with van der Waals surface area (Å²) in [6, 6.07) is 14.1. The standard InChI is InChI=1S/C17H19NO3S/c1-12-7-6-10-14(16(12)19)17(20)18-15(11-22(2)21)13-8-4-3-5-9-13/h3-10,15,19H,11H2,1-2H3,(H,18,20). The van der Waals surface area contributed by atoms with Gasteiger partial charge >= 0.3 is 0 Å². The van der Waals surface area contributed by atoms with E-state index in [2.05, 4.69) is 5.32 Å². The molecule has 0 aliphatic rings. The van der Waals surface area contributed by atoms with Crippen molar-refractivity contribution in [1.82, 2.24) is 5.32 Å². The second kappa shape index (κ2) is 7.22. The van der Waals surface area contributed by atoms with Gasteiger partial charge in [0, 0.05) is 22.8 Å². The number of aryl methyl sites for hydroxylation is 1. The summed E-state index contributed by atoms with van der Waals surface area (Å²) in [4.78, 5) is 12.4. The van der Waals surface area contributed by atoms with Crippen molar-refractivity contribution in [3.05, 3.63) is 65.2 Å². The molecule has 2 unspecified atom stereocenters. The van der Waals surface area contributed by atoms with Gasteiger partial charge in [0.2, 0.25) is 0 Å². The van der Waals surface area contributed by atoms with E-state index < -0.39 is 10.8 Å². The van der Waals surface area contributed by atoms with Crippen molar-refractivity contribution < 1.29 is 14.1 Å². The summed E-state index contributed by atoms with van der Waals surface area (Å²) in [6.07, 6.45) is 1.60. The van der Waals surface area contributed by atoms with Crippen LogP contribution < -0.4 is 5.32 Å². The quantitative estimate of drug-likeness (QED) is 0.890. The maximum atomic E-state index is 12.4. The first-order valence-electron chi connectivity index (χ1n) is 6.93. The highest BCUT2D eigenvalue weighted by atomic mass is 32.2. The first-order valence-corrected chi connectivity index (χ1v) is 8.66. The monoisotopic (exact) mass is 317 g/mol. The lowest BCUT2D eigenvalue weighted by Gasteiger charge is -2.19. The van der Waals surface area contributed by atoms with Gasteiger partial charge in [-0.2, -0.15) is 0 Å². The maximum Gasteiger partial charge on any atom is 0.255 e. The number of hydrogen-bond acceptors (Lipinski definition) is 3. The molecule has 22 heavy (non-hydrogen) atoms. The molecule has 0 aliphatic heterocycles. The number of phenolic OH excluding ortho intramolecular Hbond substituents is 1. The zero-order valence-electron chi connectivity index (χ0n) is 12.6. The Hall–Kier alpha value is -2.14. The highest BCUT2D eigenvalue weighted by Crippen LogP contribution is 2.22. The smallest absolute Gasteiger partial charge is 0.255 e. The lowest BCUT2D eigenvalue weighted by atomic mass is 10.1. The Balaban J connectivity index is 2.25. The molecule has 0 spiro atoms. The molecule has 0 aliphatic carbocycles. The molecule has 5 heteroatoms. The summed E-state index contributed by atoms with van der Waals surface area (Å²) >= 11 is 0. The van der Waals surface area contributed by atoms with E-state index in [-0.39, 0.29) is 23.3 Å². The van der Waals surface area contributed by atoms with Crippen LogP contribution >= 0.6 is 0 Å². The predicted octanol–water partition coefficient (Wildman–Crippen LogP) is 2.55. The Morgan fingerprint density at radius 3 is 2.50 bits per heavy atom. The number of carbonyl (C=O) groups excluding carboxylic acids is 1. The highest BCUT2D eigenvalue weighted by molar-refractivity contribution is 7.84. The largest absolute Gasteiger partial charge is 0.507 e. The first kappa shape index (κ1) is 16.2. The van der Waals surface area contributed by atoms with Crippen LogP contribution in [-0.4, -0.2) is 27.2 Å². The molecule has 0 saturated heterocycles. The lowest BCUT2D eigenvalue weighted by Crippen LogP contribution is -2.32. The van der Waals surface area contributed by atoms with Gasteiger partial charge < -0.3 is 10.4 Å². The van der Waals surface area contributed by atoms with Crippen molar-refractivity contribution in [3.63, 3.8) is 0 Å². The zero-order chi connectivity index (χ0) is 16.1. The Morgan fingerprint density at radius 2 is 1.86 bits per heavy atom. The second-order valence-corrected chi connectivity index (χ2v) is 6.63. The fraction of sp³-hybridized carbons (Fsp3) is 0.235. The average Bonchev–Trinajstić information content (AvgIpc) is 2.49. The average molecular weight is 317 g/mol. The first-order chi connectivity index (χ1) is 10.5. The second-order valence-electron chi connectivity index (χ2n) is 5.15. The van der Waals surface area contributed by atoms with E-state index in [0.29, 0.717) is 11.3 Å². The minimum atomic E-state index is -1.06. The number of aromatic hydroxyl groups is 1. The minimum absolute atomic E-state index is 0.0237. The van der Waals surface area contributed by atoms with Gasteiger partial charge in [-0.1, -0.05) is 42.5 Å². The van der Waals surface area contributed by atoms with E-state index >= 15 is 0 Å². The number of benzene rings is 2. The van der Waals surface area contributed by atoms with Gasteiger partial charge in [-0.15, -0.1) is 0 Å². The Bertz CT molecular complexity index is 686. The Labute approximate surface area is 132 Å². The summed E-state index contributed by atoms with van der Waals surface area (Å²) in [6.45, 7) is 1.74. The molecule has 2 aromatic carbocycles. The molecule has 2 aromatic rings. The summed E-state index contributed by atoms with van der Waals surface area (Å²) in [5.74, 6) is -0.0765. The summed E-state index contributed by atoms with van der Waals surface area (Å²) in [5.41, 5.74) is 1.75. The van der Waals surface area contributed by atoms with E-state index in [1.807, 2.05) is 30.3 Å². The molecule has 1 amide bonds. The SMILES string of the molecule is Cc1cccc(C(=O)NC(CS(C)=O)c2ccccc2)c1O. The number of nitrogens with one attached hydrogen (secondary N) is 1. The molecule has 2 atom stereocenters. The molecular weight excluding hydrogens is 298 g/mol. The van der Waals surface area contributed by atoms with Crippen molar-refractivity contribution in [2.75, 3.05) is 12.0 Å². The number of phenols is 1. The number of carbonyl (C=O) groups is 1. The molecule has 0 fully saturated rings. The third kappa shape index (κ3) is 3.95. The van der Waals surface area contributed by atoms with Crippen molar-refractivity contribution in [3.8, 4) is 5.75 Å². The molecule has 0 aromatic heterocycles. The fourth-order valence-electron chi connectivity index (χ4n) is 2.22. The minimum Gasteiger partial charge on any atom is -0.507 e. The molecule has 116 valence electrons. The van der Waals surface area contributed by atoms with E-state index in [1.54, 1.807) is 31.4 Å². The number of rotatable bonds is 5. The molecule has 0 radical (unpaired) electrons. The summed E-state index contributed by atoms with van der Waals surface area (Å²) in [5, 5.41) is 12.9. The Morgan fingerprint density at radius 1 is 1.18 bits per heavy atom. The van der Waals surface area contributed by atoms with Gasteiger partial charge in [0.05, 0.1) is 11.6 Å². The summed E-state index contributed by atoms with van der Waals surface area (Å²) in [7, 11) is -1.06. The molecular formula is C17H19NO3S. The van der Waals surface area contributed by atoms with Crippen LogP contribution in [0.4, 0.5) is 0 Å². The van der Waals surface area contributed by atoms with Crippen LogP contribution in [0, 0.1) is 6.92 Å². The number of amides is 1. The molecule has 0 heterocycles. The summed E-state index contributed by atoms with van der Waals surface area (Å²) < 4.78 is 11.6. The molecule has 0 saturated carbocycles. The van der Waals surface area contributed by atoms with Crippen molar-refractivity contribution >= 4 is 16.7 Å².